The predicted octanol–water partition coefficient (Wildman–Crippen LogP) is 2.89. The number of aromatic nitrogens is 1. The highest BCUT2D eigenvalue weighted by molar-refractivity contribution is 14.1. The third-order valence-electron chi connectivity index (χ3n) is 1.34. The van der Waals surface area contributed by atoms with Crippen LogP contribution >= 0.6 is 22.6 Å². The summed E-state index contributed by atoms with van der Waals surface area (Å²) in [6, 6.07) is 4.17. The van der Waals surface area contributed by atoms with Gasteiger partial charge in [0.1, 0.15) is 0 Å². The van der Waals surface area contributed by atoms with Gasteiger partial charge in [-0.15, -0.1) is 0 Å². The average Bonchev–Trinajstić information content (AvgIpc) is 1.88. The van der Waals surface area contributed by atoms with Crippen LogP contribution in [0, 0.1) is 6.92 Å². The Balaban J connectivity index is 2.89. The molecule has 1 heterocycles. The molecule has 10 heavy (non-hydrogen) atoms. The Hall–Kier alpha value is -0.120. The molecule has 0 radical (unpaired) electrons. The van der Waals surface area contributed by atoms with Crippen molar-refractivity contribution >= 4 is 22.6 Å². The van der Waals surface area contributed by atoms with E-state index in [0.717, 1.165) is 5.69 Å². The van der Waals surface area contributed by atoms with Crippen LogP contribution in [0.2, 0.25) is 0 Å². The van der Waals surface area contributed by atoms with Crippen LogP contribution in [0.3, 0.4) is 0 Å². The van der Waals surface area contributed by atoms with E-state index in [4.69, 9.17) is 0 Å². The molecule has 1 unspecified atom stereocenters. The lowest BCUT2D eigenvalue weighted by molar-refractivity contribution is 1.03. The highest BCUT2D eigenvalue weighted by atomic mass is 127. The Morgan fingerprint density at radius 1 is 1.50 bits per heavy atom. The maximum Gasteiger partial charge on any atom is 0.0529 e. The number of halogens is 1. The summed E-state index contributed by atoms with van der Waals surface area (Å²) in [5.74, 6) is 0. The summed E-state index contributed by atoms with van der Waals surface area (Å²) in [5.41, 5.74) is 2.38. The summed E-state index contributed by atoms with van der Waals surface area (Å²) in [5, 5.41) is 0. The molecule has 0 amide bonds. The van der Waals surface area contributed by atoms with Crippen molar-refractivity contribution in [3.8, 4) is 0 Å². The van der Waals surface area contributed by atoms with Gasteiger partial charge >= 0.3 is 0 Å². The first-order valence-corrected chi connectivity index (χ1v) is 4.51. The van der Waals surface area contributed by atoms with Crippen LogP contribution in [-0.4, -0.2) is 4.98 Å². The molecule has 0 aliphatic rings. The second-order valence-electron chi connectivity index (χ2n) is 2.38. The quantitative estimate of drug-likeness (QED) is 0.549. The van der Waals surface area contributed by atoms with Gasteiger partial charge in [-0.1, -0.05) is 28.7 Å². The van der Waals surface area contributed by atoms with E-state index in [1.165, 1.54) is 5.56 Å². The van der Waals surface area contributed by atoms with Crippen LogP contribution in [0.25, 0.3) is 0 Å². The van der Waals surface area contributed by atoms with Crippen LogP contribution in [0.5, 0.6) is 0 Å². The van der Waals surface area contributed by atoms with Crippen LogP contribution in [0.1, 0.15) is 22.1 Å². The van der Waals surface area contributed by atoms with Gasteiger partial charge in [0.2, 0.25) is 0 Å². The van der Waals surface area contributed by atoms with Gasteiger partial charge < -0.3 is 0 Å². The monoisotopic (exact) mass is 247 g/mol. The minimum atomic E-state index is 0.512. The molecule has 1 atom stereocenters. The minimum Gasteiger partial charge on any atom is -0.260 e. The molecule has 1 aromatic heterocycles. The molecular weight excluding hydrogens is 237 g/mol. The number of rotatable bonds is 1. The molecule has 0 bridgehead atoms. The summed E-state index contributed by atoms with van der Waals surface area (Å²) in [7, 11) is 0. The van der Waals surface area contributed by atoms with Crippen molar-refractivity contribution in [3.05, 3.63) is 29.6 Å². The molecule has 54 valence electrons. The second-order valence-corrected chi connectivity index (χ2v) is 4.24. The third kappa shape index (κ3) is 1.94. The smallest absolute Gasteiger partial charge is 0.0529 e. The average molecular weight is 247 g/mol. The number of hydrogen-bond donors (Lipinski definition) is 0. The van der Waals surface area contributed by atoms with Crippen LogP contribution in [-0.2, 0) is 0 Å². The van der Waals surface area contributed by atoms with Gasteiger partial charge in [0.05, 0.1) is 9.62 Å². The topological polar surface area (TPSA) is 12.9 Å². The normalized spacial score (nSPS) is 13.1. The number of alkyl halides is 1. The lowest BCUT2D eigenvalue weighted by Crippen LogP contribution is -1.88. The van der Waals surface area contributed by atoms with Crippen molar-refractivity contribution in [2.45, 2.75) is 17.8 Å². The zero-order chi connectivity index (χ0) is 7.56. The van der Waals surface area contributed by atoms with E-state index in [9.17, 15) is 0 Å². The largest absolute Gasteiger partial charge is 0.260 e. The fourth-order valence-corrected chi connectivity index (χ4v) is 1.08. The molecule has 0 aromatic carbocycles. The summed E-state index contributed by atoms with van der Waals surface area (Å²) in [6.07, 6.45) is 1.91. The first-order valence-electron chi connectivity index (χ1n) is 3.27. The predicted molar refractivity (Wildman–Crippen MR) is 51.4 cm³/mol. The van der Waals surface area contributed by atoms with Crippen molar-refractivity contribution in [1.29, 1.82) is 0 Å². The number of aryl methyl sites for hydroxylation is 1. The third-order valence-corrected chi connectivity index (χ3v) is 1.98. The maximum absolute atomic E-state index is 4.27. The van der Waals surface area contributed by atoms with Crippen LogP contribution < -0.4 is 0 Å². The summed E-state index contributed by atoms with van der Waals surface area (Å²) in [4.78, 5) is 4.27. The Morgan fingerprint density at radius 2 is 2.20 bits per heavy atom. The van der Waals surface area contributed by atoms with Crippen LogP contribution in [0.4, 0.5) is 0 Å². The fourth-order valence-electron chi connectivity index (χ4n) is 0.715. The number of nitrogens with zero attached hydrogens (tertiary/aromatic N) is 1. The molecule has 2 heteroatoms. The molecule has 0 spiro atoms. The molecule has 0 aliphatic carbocycles. The molecule has 1 aromatic rings. The van der Waals surface area contributed by atoms with Crippen molar-refractivity contribution in [2.24, 2.45) is 0 Å². The molecule has 0 N–H and O–H groups in total. The first-order chi connectivity index (χ1) is 4.70. The van der Waals surface area contributed by atoms with E-state index in [0.29, 0.717) is 3.92 Å². The Bertz CT molecular complexity index is 203. The number of pyridine rings is 1. The first kappa shape index (κ1) is 7.98. The van der Waals surface area contributed by atoms with Crippen molar-refractivity contribution in [2.75, 3.05) is 0 Å². The zero-order valence-electron chi connectivity index (χ0n) is 6.13. The zero-order valence-corrected chi connectivity index (χ0v) is 8.29. The Kier molecular flexibility index (Phi) is 2.65. The lowest BCUT2D eigenvalue weighted by atomic mass is 10.2. The van der Waals surface area contributed by atoms with Crippen molar-refractivity contribution in [3.63, 3.8) is 0 Å². The van der Waals surface area contributed by atoms with E-state index in [1.54, 1.807) is 0 Å². The van der Waals surface area contributed by atoms with Gasteiger partial charge in [-0.2, -0.15) is 0 Å². The molecule has 0 saturated heterocycles. The molecule has 0 saturated carbocycles. The summed E-state index contributed by atoms with van der Waals surface area (Å²) in [6.45, 7) is 4.19. The summed E-state index contributed by atoms with van der Waals surface area (Å²) >= 11 is 2.36. The van der Waals surface area contributed by atoms with Crippen LogP contribution in [0.15, 0.2) is 18.3 Å². The van der Waals surface area contributed by atoms with Crippen molar-refractivity contribution < 1.29 is 0 Å². The van der Waals surface area contributed by atoms with E-state index in [-0.39, 0.29) is 0 Å². The Labute approximate surface area is 75.0 Å². The number of hydrogen-bond acceptors (Lipinski definition) is 1. The molecule has 1 rings (SSSR count). The van der Waals surface area contributed by atoms with Crippen molar-refractivity contribution in [1.82, 2.24) is 4.98 Å². The van der Waals surface area contributed by atoms with Gasteiger partial charge in [0, 0.05) is 6.20 Å². The highest BCUT2D eigenvalue weighted by Gasteiger charge is 1.99. The second kappa shape index (κ2) is 3.32. The van der Waals surface area contributed by atoms with Gasteiger partial charge in [0.15, 0.2) is 0 Å². The molecular formula is C8H10IN. The molecule has 1 nitrogen and oxygen atoms in total. The van der Waals surface area contributed by atoms with E-state index in [1.807, 2.05) is 6.20 Å². The molecule has 0 fully saturated rings. The maximum atomic E-state index is 4.27. The van der Waals surface area contributed by atoms with Gasteiger partial charge in [0.25, 0.3) is 0 Å². The fraction of sp³-hybridized carbons (Fsp3) is 0.375. The standard InChI is InChI=1S/C8H10IN/c1-6-3-4-8(7(2)9)10-5-6/h3-5,7H,1-2H3. The lowest BCUT2D eigenvalue weighted by Gasteiger charge is -2.00. The SMILES string of the molecule is Cc1ccc(C(C)I)nc1. The van der Waals surface area contributed by atoms with Gasteiger partial charge in [-0.05, 0) is 25.5 Å². The highest BCUT2D eigenvalue weighted by Crippen LogP contribution is 2.19. The van der Waals surface area contributed by atoms with Gasteiger partial charge in [-0.3, -0.25) is 4.98 Å². The minimum absolute atomic E-state index is 0.512. The molecule has 0 aliphatic heterocycles. The van der Waals surface area contributed by atoms with E-state index < -0.39 is 0 Å². The summed E-state index contributed by atoms with van der Waals surface area (Å²) < 4.78 is 0.512. The van der Waals surface area contributed by atoms with E-state index >= 15 is 0 Å². The Morgan fingerprint density at radius 3 is 2.60 bits per heavy atom. The van der Waals surface area contributed by atoms with Gasteiger partial charge in [-0.25, -0.2) is 0 Å². The van der Waals surface area contributed by atoms with E-state index in [2.05, 4.69) is 53.6 Å².